The number of carbonyl (C=O) groups excluding carboxylic acids is 1. The van der Waals surface area contributed by atoms with Crippen molar-refractivity contribution in [1.29, 1.82) is 0 Å². The fourth-order valence-corrected chi connectivity index (χ4v) is 1.36. The second-order valence-corrected chi connectivity index (χ2v) is 3.54. The number of amides is 1. The lowest BCUT2D eigenvalue weighted by Gasteiger charge is -2.05. The van der Waals surface area contributed by atoms with E-state index < -0.39 is 5.97 Å². The summed E-state index contributed by atoms with van der Waals surface area (Å²) in [6, 6.07) is 9.58. The third kappa shape index (κ3) is 4.51. The molecule has 0 aliphatic heterocycles. The lowest BCUT2D eigenvalue weighted by molar-refractivity contribution is -0.134. The molecule has 1 rings (SSSR count). The molecule has 1 aromatic carbocycles. The molecule has 1 aromatic rings. The van der Waals surface area contributed by atoms with Crippen molar-refractivity contribution in [2.75, 3.05) is 0 Å². The van der Waals surface area contributed by atoms with Gasteiger partial charge in [-0.15, -0.1) is 0 Å². The zero-order valence-electron chi connectivity index (χ0n) is 9.64. The molecule has 0 aromatic heterocycles. The molecule has 0 unspecified atom stereocenters. The highest BCUT2D eigenvalue weighted by molar-refractivity contribution is 5.92. The largest absolute Gasteiger partial charge is 0.477 e. The number of carbonyl (C=O) groups is 2. The van der Waals surface area contributed by atoms with Gasteiger partial charge in [0.25, 0.3) is 0 Å². The predicted octanol–water partition coefficient (Wildman–Crippen LogP) is 1.72. The maximum Gasteiger partial charge on any atom is 0.352 e. The fourth-order valence-electron chi connectivity index (χ4n) is 1.36. The molecule has 90 valence electrons. The van der Waals surface area contributed by atoms with Gasteiger partial charge < -0.3 is 10.4 Å². The Morgan fingerprint density at radius 1 is 1.29 bits per heavy atom. The van der Waals surface area contributed by atoms with E-state index in [2.05, 4.69) is 5.32 Å². The molecule has 0 saturated heterocycles. The van der Waals surface area contributed by atoms with Crippen LogP contribution in [0.3, 0.4) is 0 Å². The number of hydrogen-bond acceptors (Lipinski definition) is 2. The van der Waals surface area contributed by atoms with Crippen LogP contribution in [0.1, 0.15) is 18.9 Å². The first-order valence-electron chi connectivity index (χ1n) is 5.37. The highest BCUT2D eigenvalue weighted by atomic mass is 16.4. The van der Waals surface area contributed by atoms with Gasteiger partial charge in [0.1, 0.15) is 5.70 Å². The number of carboxylic acids is 1. The molecule has 0 saturated carbocycles. The van der Waals surface area contributed by atoms with Gasteiger partial charge in [0.05, 0.1) is 0 Å². The molecule has 0 bridgehead atoms. The Bertz CT molecular complexity index is 424. The fraction of sp³-hybridized carbons (Fsp3) is 0.231. The average Bonchev–Trinajstić information content (AvgIpc) is 2.34. The number of rotatable bonds is 5. The van der Waals surface area contributed by atoms with E-state index >= 15 is 0 Å². The first-order chi connectivity index (χ1) is 8.13. The summed E-state index contributed by atoms with van der Waals surface area (Å²) < 4.78 is 0. The molecule has 0 radical (unpaired) electrons. The van der Waals surface area contributed by atoms with Crippen molar-refractivity contribution in [1.82, 2.24) is 5.32 Å². The Labute approximate surface area is 100.0 Å². The standard InChI is InChI=1S/C13H15NO3/c1-2-11(13(16)17)14-12(15)9-8-10-6-4-3-5-7-10/h2-7H,8-9H2,1H3,(H,14,15)(H,16,17)/b11-2-. The number of benzene rings is 1. The Kier molecular flexibility index (Phi) is 4.94. The van der Waals surface area contributed by atoms with Gasteiger partial charge in [-0.1, -0.05) is 36.4 Å². The van der Waals surface area contributed by atoms with Gasteiger partial charge in [-0.2, -0.15) is 0 Å². The molecular formula is C13H15NO3. The highest BCUT2D eigenvalue weighted by Gasteiger charge is 2.09. The zero-order valence-corrected chi connectivity index (χ0v) is 9.64. The molecule has 0 aliphatic carbocycles. The quantitative estimate of drug-likeness (QED) is 0.761. The van der Waals surface area contributed by atoms with Crippen molar-refractivity contribution in [3.63, 3.8) is 0 Å². The molecule has 4 nitrogen and oxygen atoms in total. The lowest BCUT2D eigenvalue weighted by Crippen LogP contribution is -2.27. The maximum absolute atomic E-state index is 11.5. The molecule has 0 aliphatic rings. The van der Waals surface area contributed by atoms with Crippen LogP contribution < -0.4 is 5.32 Å². The van der Waals surface area contributed by atoms with E-state index in [-0.39, 0.29) is 18.0 Å². The molecular weight excluding hydrogens is 218 g/mol. The topological polar surface area (TPSA) is 66.4 Å². The second kappa shape index (κ2) is 6.48. The van der Waals surface area contributed by atoms with E-state index in [4.69, 9.17) is 5.11 Å². The summed E-state index contributed by atoms with van der Waals surface area (Å²) in [5.41, 5.74) is 0.975. The number of hydrogen-bond donors (Lipinski definition) is 2. The van der Waals surface area contributed by atoms with Crippen molar-refractivity contribution in [2.45, 2.75) is 19.8 Å². The van der Waals surface area contributed by atoms with Crippen LogP contribution in [0, 0.1) is 0 Å². The first kappa shape index (κ1) is 13.0. The van der Waals surface area contributed by atoms with Crippen LogP contribution in [0.4, 0.5) is 0 Å². The van der Waals surface area contributed by atoms with E-state index in [9.17, 15) is 9.59 Å². The normalized spacial score (nSPS) is 11.0. The van der Waals surface area contributed by atoms with Gasteiger partial charge in [-0.25, -0.2) is 4.79 Å². The minimum atomic E-state index is -1.12. The maximum atomic E-state index is 11.5. The van der Waals surface area contributed by atoms with E-state index in [1.165, 1.54) is 6.08 Å². The minimum Gasteiger partial charge on any atom is -0.477 e. The van der Waals surface area contributed by atoms with Crippen molar-refractivity contribution >= 4 is 11.9 Å². The van der Waals surface area contributed by atoms with Gasteiger partial charge in [-0.3, -0.25) is 4.79 Å². The van der Waals surface area contributed by atoms with E-state index in [0.717, 1.165) is 5.56 Å². The number of nitrogens with one attached hydrogen (secondary N) is 1. The van der Waals surface area contributed by atoms with Crippen LogP contribution in [0.15, 0.2) is 42.1 Å². The van der Waals surface area contributed by atoms with Crippen LogP contribution in [-0.2, 0) is 16.0 Å². The number of carboxylic acid groups (broad SMARTS) is 1. The average molecular weight is 233 g/mol. The van der Waals surface area contributed by atoms with Crippen LogP contribution in [0.2, 0.25) is 0 Å². The third-order valence-corrected chi connectivity index (χ3v) is 2.28. The Balaban J connectivity index is 2.43. The first-order valence-corrected chi connectivity index (χ1v) is 5.37. The van der Waals surface area contributed by atoms with E-state index in [1.807, 2.05) is 30.3 Å². The summed E-state index contributed by atoms with van der Waals surface area (Å²) in [5.74, 6) is -1.41. The summed E-state index contributed by atoms with van der Waals surface area (Å²) >= 11 is 0. The molecule has 1 amide bonds. The number of aliphatic carboxylic acids is 1. The summed E-state index contributed by atoms with van der Waals surface area (Å²) in [5, 5.41) is 11.1. The molecule has 0 fully saturated rings. The SMILES string of the molecule is C/C=C(\NC(=O)CCc1ccccc1)C(=O)O. The molecule has 4 heteroatoms. The van der Waals surface area contributed by atoms with E-state index in [1.54, 1.807) is 6.92 Å². The van der Waals surface area contributed by atoms with Crippen molar-refractivity contribution in [3.8, 4) is 0 Å². The van der Waals surface area contributed by atoms with Gasteiger partial charge in [0.15, 0.2) is 0 Å². The van der Waals surface area contributed by atoms with Crippen molar-refractivity contribution < 1.29 is 14.7 Å². The molecule has 2 N–H and O–H groups in total. The van der Waals surface area contributed by atoms with Gasteiger partial charge in [0, 0.05) is 6.42 Å². The summed E-state index contributed by atoms with van der Waals surface area (Å²) in [7, 11) is 0. The molecule has 17 heavy (non-hydrogen) atoms. The molecule has 0 spiro atoms. The van der Waals surface area contributed by atoms with Crippen LogP contribution in [-0.4, -0.2) is 17.0 Å². The monoisotopic (exact) mass is 233 g/mol. The summed E-state index contributed by atoms with van der Waals surface area (Å²) in [6.07, 6.45) is 2.24. The van der Waals surface area contributed by atoms with E-state index in [0.29, 0.717) is 6.42 Å². The van der Waals surface area contributed by atoms with Crippen LogP contribution in [0.5, 0.6) is 0 Å². The minimum absolute atomic E-state index is 0.0805. The summed E-state index contributed by atoms with van der Waals surface area (Å²) in [4.78, 5) is 22.1. The Hall–Kier alpha value is -2.10. The van der Waals surface area contributed by atoms with Crippen molar-refractivity contribution in [3.05, 3.63) is 47.7 Å². The molecule has 0 atom stereocenters. The lowest BCUT2D eigenvalue weighted by atomic mass is 10.1. The second-order valence-electron chi connectivity index (χ2n) is 3.54. The third-order valence-electron chi connectivity index (χ3n) is 2.28. The number of aryl methyl sites for hydroxylation is 1. The van der Waals surface area contributed by atoms with Gasteiger partial charge >= 0.3 is 5.97 Å². The predicted molar refractivity (Wildman–Crippen MR) is 64.3 cm³/mol. The zero-order chi connectivity index (χ0) is 12.7. The van der Waals surface area contributed by atoms with Crippen LogP contribution >= 0.6 is 0 Å². The summed E-state index contributed by atoms with van der Waals surface area (Å²) in [6.45, 7) is 1.57. The highest BCUT2D eigenvalue weighted by Crippen LogP contribution is 2.02. The number of allylic oxidation sites excluding steroid dienone is 1. The van der Waals surface area contributed by atoms with Crippen LogP contribution in [0.25, 0.3) is 0 Å². The smallest absolute Gasteiger partial charge is 0.352 e. The van der Waals surface area contributed by atoms with Gasteiger partial charge in [0.2, 0.25) is 5.91 Å². The Morgan fingerprint density at radius 2 is 1.94 bits per heavy atom. The Morgan fingerprint density at radius 3 is 2.47 bits per heavy atom. The van der Waals surface area contributed by atoms with Crippen molar-refractivity contribution in [2.24, 2.45) is 0 Å². The van der Waals surface area contributed by atoms with Gasteiger partial charge in [-0.05, 0) is 18.9 Å². The molecule has 0 heterocycles.